The van der Waals surface area contributed by atoms with Crippen molar-refractivity contribution >= 4 is 17.4 Å². The predicted molar refractivity (Wildman–Crippen MR) is 79.4 cm³/mol. The minimum atomic E-state index is -1.14. The van der Waals surface area contributed by atoms with Gasteiger partial charge in [-0.3, -0.25) is 10.1 Å². The quantitative estimate of drug-likeness (QED) is 0.643. The first kappa shape index (κ1) is 16.2. The third-order valence-electron chi connectivity index (χ3n) is 3.70. The molecule has 0 radical (unpaired) electrons. The Morgan fingerprint density at radius 3 is 2.81 bits per heavy atom. The van der Waals surface area contributed by atoms with Crippen molar-refractivity contribution < 1.29 is 13.7 Å². The number of nitro benzene ring substituents is 1. The third kappa shape index (κ3) is 3.91. The second kappa shape index (κ2) is 7.17. The van der Waals surface area contributed by atoms with Gasteiger partial charge in [0.2, 0.25) is 5.82 Å². The number of benzene rings is 1. The average molecular weight is 316 g/mol. The minimum Gasteiger partial charge on any atom is -0.309 e. The predicted octanol–water partition coefficient (Wildman–Crippen LogP) is 3.64. The Kier molecular flexibility index (Phi) is 5.52. The molecule has 1 fully saturated rings. The zero-order valence-corrected chi connectivity index (χ0v) is 12.6. The number of hydrogen-bond acceptors (Lipinski definition) is 4. The molecule has 1 aromatic rings. The number of hydrogen-bond donors (Lipinski definition) is 1. The molecule has 116 valence electrons. The van der Waals surface area contributed by atoms with Gasteiger partial charge in [0.05, 0.1) is 4.92 Å². The molecule has 2 rings (SSSR count). The van der Waals surface area contributed by atoms with Crippen molar-refractivity contribution in [2.24, 2.45) is 0 Å². The summed E-state index contributed by atoms with van der Waals surface area (Å²) in [5.41, 5.74) is -0.547. The van der Waals surface area contributed by atoms with Crippen molar-refractivity contribution in [3.63, 3.8) is 0 Å². The standard InChI is InChI=1S/C14H18F2N2O2S/c1-2-21-14-5-3-4-12(14)17-8-9-6-13(18(19)20)11(16)7-10(9)15/h6-7,12,14,17H,2-5,8H2,1H3. The van der Waals surface area contributed by atoms with Gasteiger partial charge in [-0.1, -0.05) is 13.3 Å². The molecule has 21 heavy (non-hydrogen) atoms. The molecule has 0 saturated heterocycles. The van der Waals surface area contributed by atoms with Crippen molar-refractivity contribution in [2.45, 2.75) is 44.0 Å². The highest BCUT2D eigenvalue weighted by atomic mass is 32.2. The van der Waals surface area contributed by atoms with Crippen LogP contribution in [0.4, 0.5) is 14.5 Å². The zero-order valence-electron chi connectivity index (χ0n) is 11.8. The maximum atomic E-state index is 13.7. The summed E-state index contributed by atoms with van der Waals surface area (Å²) in [7, 11) is 0. The molecule has 0 aliphatic heterocycles. The van der Waals surface area contributed by atoms with Crippen LogP contribution in [-0.4, -0.2) is 22.0 Å². The lowest BCUT2D eigenvalue weighted by atomic mass is 10.1. The van der Waals surface area contributed by atoms with E-state index in [2.05, 4.69) is 12.2 Å². The van der Waals surface area contributed by atoms with Gasteiger partial charge in [-0.2, -0.15) is 16.2 Å². The molecular weight excluding hydrogens is 298 g/mol. The summed E-state index contributed by atoms with van der Waals surface area (Å²) in [6.45, 7) is 2.28. The highest BCUT2D eigenvalue weighted by molar-refractivity contribution is 7.99. The zero-order chi connectivity index (χ0) is 15.4. The summed E-state index contributed by atoms with van der Waals surface area (Å²) in [5.74, 6) is -0.857. The van der Waals surface area contributed by atoms with Crippen LogP contribution in [0, 0.1) is 21.7 Å². The van der Waals surface area contributed by atoms with Crippen LogP contribution in [-0.2, 0) is 6.54 Å². The first-order valence-corrected chi connectivity index (χ1v) is 8.05. The van der Waals surface area contributed by atoms with Gasteiger partial charge in [-0.15, -0.1) is 0 Å². The second-order valence-corrected chi connectivity index (χ2v) is 6.58. The topological polar surface area (TPSA) is 55.2 Å². The van der Waals surface area contributed by atoms with E-state index < -0.39 is 22.2 Å². The maximum absolute atomic E-state index is 13.7. The summed E-state index contributed by atoms with van der Waals surface area (Å²) in [6, 6.07) is 1.84. The number of nitrogens with one attached hydrogen (secondary N) is 1. The van der Waals surface area contributed by atoms with E-state index >= 15 is 0 Å². The van der Waals surface area contributed by atoms with E-state index in [1.54, 1.807) is 0 Å². The van der Waals surface area contributed by atoms with Gasteiger partial charge in [0.15, 0.2) is 0 Å². The molecule has 4 nitrogen and oxygen atoms in total. The molecule has 1 saturated carbocycles. The summed E-state index contributed by atoms with van der Waals surface area (Å²) in [5, 5.41) is 14.4. The summed E-state index contributed by atoms with van der Waals surface area (Å²) in [4.78, 5) is 9.87. The first-order valence-electron chi connectivity index (χ1n) is 7.00. The molecule has 1 aliphatic carbocycles. The molecule has 0 spiro atoms. The van der Waals surface area contributed by atoms with Crippen molar-refractivity contribution in [2.75, 3.05) is 5.75 Å². The van der Waals surface area contributed by atoms with Crippen molar-refractivity contribution in [1.82, 2.24) is 5.32 Å². The fourth-order valence-electron chi connectivity index (χ4n) is 2.67. The lowest BCUT2D eigenvalue weighted by Crippen LogP contribution is -2.34. The van der Waals surface area contributed by atoms with Crippen molar-refractivity contribution in [3.05, 3.63) is 39.4 Å². The van der Waals surface area contributed by atoms with E-state index in [0.717, 1.165) is 31.1 Å². The van der Waals surface area contributed by atoms with Crippen molar-refractivity contribution in [3.8, 4) is 0 Å². The highest BCUT2D eigenvalue weighted by Gasteiger charge is 2.27. The number of nitrogens with zero attached hydrogens (tertiary/aromatic N) is 1. The Bertz CT molecular complexity index is 528. The molecule has 0 aromatic heterocycles. The smallest absolute Gasteiger partial charge is 0.305 e. The van der Waals surface area contributed by atoms with E-state index in [1.165, 1.54) is 0 Å². The van der Waals surface area contributed by atoms with Gasteiger partial charge in [0, 0.05) is 35.5 Å². The van der Waals surface area contributed by atoms with Gasteiger partial charge in [-0.05, 0) is 18.6 Å². The Morgan fingerprint density at radius 1 is 1.38 bits per heavy atom. The van der Waals surface area contributed by atoms with Gasteiger partial charge >= 0.3 is 5.69 Å². The van der Waals surface area contributed by atoms with Crippen LogP contribution in [0.1, 0.15) is 31.7 Å². The van der Waals surface area contributed by atoms with Crippen LogP contribution < -0.4 is 5.32 Å². The maximum Gasteiger partial charge on any atom is 0.305 e. The van der Waals surface area contributed by atoms with Crippen LogP contribution in [0.25, 0.3) is 0 Å². The number of halogens is 2. The molecule has 1 aromatic carbocycles. The lowest BCUT2D eigenvalue weighted by Gasteiger charge is -2.20. The molecule has 0 bridgehead atoms. The van der Waals surface area contributed by atoms with Crippen LogP contribution >= 0.6 is 11.8 Å². The highest BCUT2D eigenvalue weighted by Crippen LogP contribution is 2.30. The van der Waals surface area contributed by atoms with E-state index in [-0.39, 0.29) is 18.2 Å². The average Bonchev–Trinajstić information content (AvgIpc) is 2.85. The Labute approximate surface area is 126 Å². The Hall–Kier alpha value is -1.21. The fraction of sp³-hybridized carbons (Fsp3) is 0.571. The molecule has 2 unspecified atom stereocenters. The van der Waals surface area contributed by atoms with Crippen molar-refractivity contribution in [1.29, 1.82) is 0 Å². The van der Waals surface area contributed by atoms with E-state index in [0.29, 0.717) is 11.3 Å². The minimum absolute atomic E-state index is 0.134. The largest absolute Gasteiger partial charge is 0.309 e. The molecule has 1 N–H and O–H groups in total. The molecule has 2 atom stereocenters. The lowest BCUT2D eigenvalue weighted by molar-refractivity contribution is -0.387. The molecule has 7 heteroatoms. The van der Waals surface area contributed by atoms with E-state index in [9.17, 15) is 18.9 Å². The first-order chi connectivity index (χ1) is 10.0. The van der Waals surface area contributed by atoms with Gasteiger partial charge < -0.3 is 5.32 Å². The van der Waals surface area contributed by atoms with Gasteiger partial charge in [0.1, 0.15) is 5.82 Å². The molecule has 1 aliphatic rings. The van der Waals surface area contributed by atoms with Crippen LogP contribution in [0.5, 0.6) is 0 Å². The Balaban J connectivity index is 2.06. The van der Waals surface area contributed by atoms with E-state index in [4.69, 9.17) is 0 Å². The van der Waals surface area contributed by atoms with Gasteiger partial charge in [0.25, 0.3) is 0 Å². The number of rotatable bonds is 6. The van der Waals surface area contributed by atoms with Crippen LogP contribution in [0.3, 0.4) is 0 Å². The van der Waals surface area contributed by atoms with Gasteiger partial charge in [-0.25, -0.2) is 4.39 Å². The van der Waals surface area contributed by atoms with Crippen LogP contribution in [0.15, 0.2) is 12.1 Å². The fourth-order valence-corrected chi connectivity index (χ4v) is 3.90. The summed E-state index contributed by atoms with van der Waals surface area (Å²) >= 11 is 1.87. The normalized spacial score (nSPS) is 21.7. The van der Waals surface area contributed by atoms with Crippen LogP contribution in [0.2, 0.25) is 0 Å². The molecule has 0 heterocycles. The third-order valence-corrected chi connectivity index (χ3v) is 5.03. The number of thioether (sulfide) groups is 1. The van der Waals surface area contributed by atoms with E-state index in [1.807, 2.05) is 11.8 Å². The monoisotopic (exact) mass is 316 g/mol. The molecular formula is C14H18F2N2O2S. The Morgan fingerprint density at radius 2 is 2.14 bits per heavy atom. The summed E-state index contributed by atoms with van der Waals surface area (Å²) < 4.78 is 27.0. The number of nitro groups is 1. The molecule has 0 amide bonds. The summed E-state index contributed by atoms with van der Waals surface area (Å²) in [6.07, 6.45) is 3.27. The SMILES string of the molecule is CCSC1CCCC1NCc1cc([N+](=O)[O-])c(F)cc1F. The second-order valence-electron chi connectivity index (χ2n) is 5.06.